The highest BCUT2D eigenvalue weighted by molar-refractivity contribution is 7.98. The number of aryl methyl sites for hydroxylation is 1. The van der Waals surface area contributed by atoms with Gasteiger partial charge >= 0.3 is 0 Å². The van der Waals surface area contributed by atoms with Crippen molar-refractivity contribution in [2.75, 3.05) is 5.32 Å². The summed E-state index contributed by atoms with van der Waals surface area (Å²) in [6, 6.07) is 22.9. The number of anilines is 1. The molecule has 0 aliphatic rings. The maximum atomic E-state index is 12.5. The Morgan fingerprint density at radius 1 is 1.06 bits per heavy atom. The van der Waals surface area contributed by atoms with Crippen molar-refractivity contribution in [3.05, 3.63) is 101 Å². The molecule has 0 unspecified atom stereocenters. The van der Waals surface area contributed by atoms with Gasteiger partial charge in [-0.15, -0.1) is 5.10 Å². The van der Waals surface area contributed by atoms with Crippen LogP contribution >= 0.6 is 11.8 Å². The Labute approximate surface area is 194 Å². The Balaban J connectivity index is 1.17. The molecule has 3 aromatic carbocycles. The number of rotatable bonds is 7. The maximum Gasteiger partial charge on any atom is 0.257 e. The number of carbonyl (C=O) groups excluding carboxylic acids is 1. The van der Waals surface area contributed by atoms with Crippen molar-refractivity contribution in [3.8, 4) is 0 Å². The number of fused-ring (bicyclic) bond motifs is 1. The van der Waals surface area contributed by atoms with E-state index >= 15 is 0 Å². The van der Waals surface area contributed by atoms with Crippen molar-refractivity contribution in [1.82, 2.24) is 20.0 Å². The van der Waals surface area contributed by atoms with Crippen molar-refractivity contribution in [3.63, 3.8) is 0 Å². The number of oxazole rings is 1. The van der Waals surface area contributed by atoms with Gasteiger partial charge in [-0.1, -0.05) is 53.4 Å². The van der Waals surface area contributed by atoms with Gasteiger partial charge < -0.3 is 9.73 Å². The average Bonchev–Trinajstić information content (AvgIpc) is 3.44. The third-order valence-electron chi connectivity index (χ3n) is 5.04. The molecule has 1 amide bonds. The third kappa shape index (κ3) is 5.12. The van der Waals surface area contributed by atoms with Crippen LogP contribution in [0.15, 0.2) is 88.6 Å². The Kier molecular flexibility index (Phi) is 5.91. The van der Waals surface area contributed by atoms with Gasteiger partial charge in [0.1, 0.15) is 5.52 Å². The van der Waals surface area contributed by atoms with Gasteiger partial charge in [0, 0.05) is 23.2 Å². The number of thioether (sulfide) groups is 1. The number of nitrogens with one attached hydrogen (secondary N) is 1. The second kappa shape index (κ2) is 9.30. The van der Waals surface area contributed by atoms with E-state index in [9.17, 15) is 4.79 Å². The van der Waals surface area contributed by atoms with Gasteiger partial charge in [-0.05, 0) is 54.4 Å². The number of carbonyl (C=O) groups is 1. The zero-order valence-electron chi connectivity index (χ0n) is 17.9. The quantitative estimate of drug-likeness (QED) is 0.334. The van der Waals surface area contributed by atoms with Crippen LogP contribution in [0.25, 0.3) is 11.1 Å². The molecule has 2 heterocycles. The predicted octanol–water partition coefficient (Wildman–Crippen LogP) is 5.32. The SMILES string of the molecule is Cc1cccc(NC(=O)c2ccc(Cn3cc(CSc4nc5ccccc5o4)nn3)cc2)c1. The molecule has 0 fully saturated rings. The summed E-state index contributed by atoms with van der Waals surface area (Å²) in [6.45, 7) is 2.56. The molecule has 0 saturated heterocycles. The van der Waals surface area contributed by atoms with E-state index in [2.05, 4.69) is 20.6 Å². The summed E-state index contributed by atoms with van der Waals surface area (Å²) in [5.41, 5.74) is 5.99. The molecule has 5 rings (SSSR count). The largest absolute Gasteiger partial charge is 0.431 e. The molecule has 8 heteroatoms. The van der Waals surface area contributed by atoms with E-state index in [4.69, 9.17) is 4.42 Å². The normalized spacial score (nSPS) is 11.1. The zero-order chi connectivity index (χ0) is 22.6. The van der Waals surface area contributed by atoms with Crippen molar-refractivity contribution in [1.29, 1.82) is 0 Å². The van der Waals surface area contributed by atoms with Crippen LogP contribution in [0.2, 0.25) is 0 Å². The molecular weight excluding hydrogens is 434 g/mol. The topological polar surface area (TPSA) is 85.8 Å². The molecule has 7 nitrogen and oxygen atoms in total. The number of aromatic nitrogens is 4. The zero-order valence-corrected chi connectivity index (χ0v) is 18.7. The summed E-state index contributed by atoms with van der Waals surface area (Å²) in [5, 5.41) is 12.0. The van der Waals surface area contributed by atoms with Crippen LogP contribution in [-0.4, -0.2) is 25.9 Å². The summed E-state index contributed by atoms with van der Waals surface area (Å²) < 4.78 is 7.51. The minimum Gasteiger partial charge on any atom is -0.431 e. The Morgan fingerprint density at radius 2 is 1.91 bits per heavy atom. The van der Waals surface area contributed by atoms with Gasteiger partial charge in [-0.25, -0.2) is 9.67 Å². The van der Waals surface area contributed by atoms with E-state index in [1.807, 2.05) is 85.9 Å². The fraction of sp³-hybridized carbons (Fsp3) is 0.120. The molecule has 1 N–H and O–H groups in total. The molecule has 0 bridgehead atoms. The predicted molar refractivity (Wildman–Crippen MR) is 128 cm³/mol. The maximum absolute atomic E-state index is 12.5. The molecule has 0 radical (unpaired) electrons. The van der Waals surface area contributed by atoms with Gasteiger partial charge in [0.05, 0.1) is 12.2 Å². The summed E-state index contributed by atoms with van der Waals surface area (Å²) in [5.74, 6) is 0.483. The molecule has 0 spiro atoms. The van der Waals surface area contributed by atoms with Gasteiger partial charge in [0.15, 0.2) is 5.58 Å². The minimum atomic E-state index is -0.133. The molecule has 0 aliphatic carbocycles. The third-order valence-corrected chi connectivity index (χ3v) is 5.90. The minimum absolute atomic E-state index is 0.133. The number of para-hydroxylation sites is 2. The first-order valence-electron chi connectivity index (χ1n) is 10.5. The highest BCUT2D eigenvalue weighted by atomic mass is 32.2. The van der Waals surface area contributed by atoms with E-state index < -0.39 is 0 Å². The number of hydrogen-bond acceptors (Lipinski definition) is 6. The highest BCUT2D eigenvalue weighted by Crippen LogP contribution is 2.25. The van der Waals surface area contributed by atoms with Crippen LogP contribution in [0, 0.1) is 6.92 Å². The molecule has 164 valence electrons. The fourth-order valence-corrected chi connectivity index (χ4v) is 4.12. The molecular formula is C25H21N5O2S. The van der Waals surface area contributed by atoms with Gasteiger partial charge in [-0.3, -0.25) is 4.79 Å². The summed E-state index contributed by atoms with van der Waals surface area (Å²) in [7, 11) is 0. The first-order chi connectivity index (χ1) is 16.1. The lowest BCUT2D eigenvalue weighted by atomic mass is 10.1. The summed E-state index contributed by atoms with van der Waals surface area (Å²) in [6.07, 6.45) is 1.91. The second-order valence-corrected chi connectivity index (χ2v) is 8.59. The molecule has 0 saturated carbocycles. The Morgan fingerprint density at radius 3 is 2.73 bits per heavy atom. The van der Waals surface area contributed by atoms with E-state index in [-0.39, 0.29) is 5.91 Å². The van der Waals surface area contributed by atoms with Crippen molar-refractivity contribution in [2.45, 2.75) is 24.4 Å². The Bertz CT molecular complexity index is 1370. The first-order valence-corrected chi connectivity index (χ1v) is 11.5. The van der Waals surface area contributed by atoms with E-state index in [0.29, 0.717) is 23.1 Å². The second-order valence-electron chi connectivity index (χ2n) is 7.66. The van der Waals surface area contributed by atoms with E-state index in [0.717, 1.165) is 33.6 Å². The van der Waals surface area contributed by atoms with Crippen LogP contribution in [0.4, 0.5) is 5.69 Å². The van der Waals surface area contributed by atoms with Gasteiger partial charge in [0.25, 0.3) is 11.1 Å². The van der Waals surface area contributed by atoms with Crippen molar-refractivity contribution >= 4 is 34.5 Å². The lowest BCUT2D eigenvalue weighted by Crippen LogP contribution is -2.12. The van der Waals surface area contributed by atoms with E-state index in [1.165, 1.54) is 11.8 Å². The number of hydrogen-bond donors (Lipinski definition) is 1. The molecule has 5 aromatic rings. The van der Waals surface area contributed by atoms with Crippen LogP contribution in [0.1, 0.15) is 27.2 Å². The van der Waals surface area contributed by atoms with E-state index in [1.54, 1.807) is 4.68 Å². The lowest BCUT2D eigenvalue weighted by molar-refractivity contribution is 0.102. The standard InChI is InChI=1S/C25H21N5O2S/c1-17-5-4-6-20(13-17)26-24(31)19-11-9-18(10-12-19)14-30-15-21(28-29-30)16-33-25-27-22-7-2-3-8-23(22)32-25/h2-13,15H,14,16H2,1H3,(H,26,31). The van der Waals surface area contributed by atoms with Crippen LogP contribution in [0.5, 0.6) is 0 Å². The Hall–Kier alpha value is -3.91. The molecule has 0 atom stereocenters. The number of amides is 1. The van der Waals surface area contributed by atoms with Gasteiger partial charge in [0.2, 0.25) is 0 Å². The summed E-state index contributed by atoms with van der Waals surface area (Å²) in [4.78, 5) is 17.0. The smallest absolute Gasteiger partial charge is 0.257 e. The number of benzene rings is 3. The molecule has 0 aliphatic heterocycles. The number of nitrogens with zero attached hydrogens (tertiary/aromatic N) is 4. The van der Waals surface area contributed by atoms with Crippen molar-refractivity contribution in [2.24, 2.45) is 0 Å². The lowest BCUT2D eigenvalue weighted by Gasteiger charge is -2.07. The van der Waals surface area contributed by atoms with Crippen LogP contribution in [0.3, 0.4) is 0 Å². The average molecular weight is 456 g/mol. The highest BCUT2D eigenvalue weighted by Gasteiger charge is 2.09. The van der Waals surface area contributed by atoms with Gasteiger partial charge in [-0.2, -0.15) is 0 Å². The van der Waals surface area contributed by atoms with Crippen molar-refractivity contribution < 1.29 is 9.21 Å². The molecule has 33 heavy (non-hydrogen) atoms. The monoisotopic (exact) mass is 455 g/mol. The first kappa shape index (κ1) is 21.0. The van der Waals surface area contributed by atoms with Crippen LogP contribution in [-0.2, 0) is 12.3 Å². The molecule has 2 aromatic heterocycles. The van der Waals surface area contributed by atoms with Crippen LogP contribution < -0.4 is 5.32 Å². The fourth-order valence-electron chi connectivity index (χ4n) is 3.41. The summed E-state index contributed by atoms with van der Waals surface area (Å²) >= 11 is 1.49.